The first-order chi connectivity index (χ1) is 6.93. The van der Waals surface area contributed by atoms with Gasteiger partial charge in [0.1, 0.15) is 6.04 Å². The summed E-state index contributed by atoms with van der Waals surface area (Å²) in [5.41, 5.74) is 5.44. The highest BCUT2D eigenvalue weighted by molar-refractivity contribution is 9.10. The molecule has 1 aromatic rings. The Labute approximate surface area is 93.8 Å². The van der Waals surface area contributed by atoms with Crippen LogP contribution in [-0.2, 0) is 0 Å². The molecule has 1 atom stereocenters. The normalized spacial score (nSPS) is 13.7. The molecule has 3 N–H and O–H groups in total. The number of hydrogen-bond acceptors (Lipinski definition) is 2. The Kier molecular flexibility index (Phi) is 3.98. The van der Waals surface area contributed by atoms with Crippen LogP contribution in [0.4, 0.5) is 18.9 Å². The summed E-state index contributed by atoms with van der Waals surface area (Å²) in [5, 5.41) is 2.33. The van der Waals surface area contributed by atoms with Crippen LogP contribution >= 0.6 is 15.9 Å². The van der Waals surface area contributed by atoms with Crippen molar-refractivity contribution in [2.45, 2.75) is 12.2 Å². The van der Waals surface area contributed by atoms with Crippen LogP contribution in [0.2, 0.25) is 0 Å². The monoisotopic (exact) mass is 282 g/mol. The van der Waals surface area contributed by atoms with Gasteiger partial charge in [0.2, 0.25) is 0 Å². The van der Waals surface area contributed by atoms with E-state index in [0.717, 1.165) is 4.47 Å². The molecule has 0 fully saturated rings. The molecule has 0 amide bonds. The van der Waals surface area contributed by atoms with Crippen molar-refractivity contribution in [3.8, 4) is 0 Å². The predicted molar refractivity (Wildman–Crippen MR) is 56.7 cm³/mol. The molecule has 15 heavy (non-hydrogen) atoms. The lowest BCUT2D eigenvalue weighted by Gasteiger charge is -2.20. The number of hydrogen-bond donors (Lipinski definition) is 2. The van der Waals surface area contributed by atoms with Crippen molar-refractivity contribution in [3.63, 3.8) is 0 Å². The Hall–Kier alpha value is -0.750. The van der Waals surface area contributed by atoms with Gasteiger partial charge in [0.25, 0.3) is 0 Å². The molecule has 0 aromatic heterocycles. The van der Waals surface area contributed by atoms with Gasteiger partial charge >= 0.3 is 6.18 Å². The summed E-state index contributed by atoms with van der Waals surface area (Å²) < 4.78 is 37.8. The first-order valence-corrected chi connectivity index (χ1v) is 5.01. The molecular formula is C9H10BrF3N2. The minimum absolute atomic E-state index is 0.394. The first-order valence-electron chi connectivity index (χ1n) is 4.22. The number of halogens is 4. The maximum absolute atomic E-state index is 12.3. The zero-order chi connectivity index (χ0) is 11.5. The number of benzene rings is 1. The van der Waals surface area contributed by atoms with Gasteiger partial charge in [0.15, 0.2) is 0 Å². The zero-order valence-electron chi connectivity index (χ0n) is 7.68. The van der Waals surface area contributed by atoms with Gasteiger partial charge in [0.05, 0.1) is 0 Å². The average molecular weight is 283 g/mol. The van der Waals surface area contributed by atoms with Crippen molar-refractivity contribution < 1.29 is 13.2 Å². The largest absolute Gasteiger partial charge is 0.409 e. The Morgan fingerprint density at radius 3 is 2.20 bits per heavy atom. The molecule has 0 heterocycles. The van der Waals surface area contributed by atoms with Crippen molar-refractivity contribution in [3.05, 3.63) is 28.7 Å². The molecule has 0 aliphatic heterocycles. The van der Waals surface area contributed by atoms with Crippen LogP contribution in [0.15, 0.2) is 28.7 Å². The highest BCUT2D eigenvalue weighted by atomic mass is 79.9. The third-order valence-corrected chi connectivity index (χ3v) is 2.34. The highest BCUT2D eigenvalue weighted by Gasteiger charge is 2.38. The van der Waals surface area contributed by atoms with E-state index in [9.17, 15) is 13.2 Å². The summed E-state index contributed by atoms with van der Waals surface area (Å²) >= 11 is 3.19. The minimum atomic E-state index is -4.33. The van der Waals surface area contributed by atoms with Crippen molar-refractivity contribution in [2.75, 3.05) is 11.9 Å². The van der Waals surface area contributed by atoms with E-state index in [1.165, 1.54) is 0 Å². The summed E-state index contributed by atoms with van der Waals surface area (Å²) in [6.07, 6.45) is -4.33. The third kappa shape index (κ3) is 3.71. The maximum atomic E-state index is 12.3. The SMILES string of the molecule is NCC(Nc1ccc(Br)cc1)C(F)(F)F. The van der Waals surface area contributed by atoms with E-state index in [4.69, 9.17) is 5.73 Å². The number of anilines is 1. The van der Waals surface area contributed by atoms with Gasteiger partial charge in [0, 0.05) is 16.7 Å². The molecule has 84 valence electrons. The average Bonchev–Trinajstić information content (AvgIpc) is 2.15. The van der Waals surface area contributed by atoms with Crippen molar-refractivity contribution >= 4 is 21.6 Å². The van der Waals surface area contributed by atoms with Crippen LogP contribution in [0.25, 0.3) is 0 Å². The van der Waals surface area contributed by atoms with Crippen molar-refractivity contribution in [2.24, 2.45) is 5.73 Å². The van der Waals surface area contributed by atoms with E-state index in [1.807, 2.05) is 0 Å². The minimum Gasteiger partial charge on any atom is -0.373 e. The van der Waals surface area contributed by atoms with Gasteiger partial charge in [-0.1, -0.05) is 15.9 Å². The van der Waals surface area contributed by atoms with Crippen LogP contribution in [-0.4, -0.2) is 18.8 Å². The number of alkyl halides is 3. The van der Waals surface area contributed by atoms with Gasteiger partial charge in [-0.05, 0) is 24.3 Å². The topological polar surface area (TPSA) is 38.0 Å². The fourth-order valence-corrected chi connectivity index (χ4v) is 1.29. The number of rotatable bonds is 3. The summed E-state index contributed by atoms with van der Waals surface area (Å²) in [7, 11) is 0. The lowest BCUT2D eigenvalue weighted by atomic mass is 10.2. The molecule has 0 bridgehead atoms. The van der Waals surface area contributed by atoms with Crippen LogP contribution in [0.3, 0.4) is 0 Å². The zero-order valence-corrected chi connectivity index (χ0v) is 9.27. The second-order valence-electron chi connectivity index (χ2n) is 2.98. The number of nitrogens with two attached hydrogens (primary N) is 1. The van der Waals surface area contributed by atoms with Crippen LogP contribution in [0.1, 0.15) is 0 Å². The summed E-state index contributed by atoms with van der Waals surface area (Å²) in [5.74, 6) is 0. The molecule has 6 heteroatoms. The molecule has 1 aromatic carbocycles. The van der Waals surface area contributed by atoms with Crippen LogP contribution in [0.5, 0.6) is 0 Å². The third-order valence-electron chi connectivity index (χ3n) is 1.82. The molecule has 0 aliphatic carbocycles. The molecular weight excluding hydrogens is 273 g/mol. The Bertz CT molecular complexity index is 310. The van der Waals surface area contributed by atoms with Gasteiger partial charge in [-0.2, -0.15) is 13.2 Å². The van der Waals surface area contributed by atoms with Gasteiger partial charge < -0.3 is 11.1 Å². The quantitative estimate of drug-likeness (QED) is 0.895. The second-order valence-corrected chi connectivity index (χ2v) is 3.90. The van der Waals surface area contributed by atoms with Crippen molar-refractivity contribution in [1.29, 1.82) is 0 Å². The molecule has 2 nitrogen and oxygen atoms in total. The molecule has 0 radical (unpaired) electrons. The van der Waals surface area contributed by atoms with Crippen LogP contribution < -0.4 is 11.1 Å². The standard InChI is InChI=1S/C9H10BrF3N2/c10-6-1-3-7(4-2-6)15-8(5-14)9(11,12)13/h1-4,8,15H,5,14H2. The van der Waals surface area contributed by atoms with E-state index >= 15 is 0 Å². The smallest absolute Gasteiger partial charge is 0.373 e. The lowest BCUT2D eigenvalue weighted by molar-refractivity contribution is -0.140. The Balaban J connectivity index is 2.71. The Morgan fingerprint density at radius 1 is 1.27 bits per heavy atom. The second kappa shape index (κ2) is 4.85. The molecule has 1 unspecified atom stereocenters. The first kappa shape index (κ1) is 12.3. The van der Waals surface area contributed by atoms with Gasteiger partial charge in [-0.3, -0.25) is 0 Å². The summed E-state index contributed by atoms with van der Waals surface area (Å²) in [6.45, 7) is -0.487. The number of nitrogens with one attached hydrogen (secondary N) is 1. The molecule has 0 saturated heterocycles. The van der Waals surface area contributed by atoms with Crippen molar-refractivity contribution in [1.82, 2.24) is 0 Å². The summed E-state index contributed by atoms with van der Waals surface area (Å²) in [4.78, 5) is 0. The fourth-order valence-electron chi connectivity index (χ4n) is 1.02. The van der Waals surface area contributed by atoms with E-state index in [2.05, 4.69) is 21.2 Å². The van der Waals surface area contributed by atoms with E-state index < -0.39 is 18.8 Å². The highest BCUT2D eigenvalue weighted by Crippen LogP contribution is 2.23. The van der Waals surface area contributed by atoms with Gasteiger partial charge in [-0.25, -0.2) is 0 Å². The van der Waals surface area contributed by atoms with Crippen LogP contribution in [0, 0.1) is 0 Å². The predicted octanol–water partition coefficient (Wildman–Crippen LogP) is 2.75. The maximum Gasteiger partial charge on any atom is 0.409 e. The van der Waals surface area contributed by atoms with E-state index in [-0.39, 0.29) is 0 Å². The Morgan fingerprint density at radius 2 is 1.80 bits per heavy atom. The summed E-state index contributed by atoms with van der Waals surface area (Å²) in [6, 6.07) is 4.72. The fraction of sp³-hybridized carbons (Fsp3) is 0.333. The van der Waals surface area contributed by atoms with E-state index in [0.29, 0.717) is 5.69 Å². The lowest BCUT2D eigenvalue weighted by Crippen LogP contribution is -2.42. The van der Waals surface area contributed by atoms with E-state index in [1.54, 1.807) is 24.3 Å². The molecule has 0 saturated carbocycles. The molecule has 1 rings (SSSR count). The molecule has 0 aliphatic rings. The molecule has 0 spiro atoms. The van der Waals surface area contributed by atoms with Gasteiger partial charge in [-0.15, -0.1) is 0 Å².